The maximum absolute atomic E-state index is 12.4. The molecule has 1 saturated carbocycles. The Labute approximate surface area is 112 Å². The Morgan fingerprint density at radius 1 is 1.37 bits per heavy atom. The normalized spacial score (nSPS) is 14.5. The van der Waals surface area contributed by atoms with E-state index in [1.165, 1.54) is 18.9 Å². The first-order valence-corrected chi connectivity index (χ1v) is 6.50. The van der Waals surface area contributed by atoms with Crippen LogP contribution in [0.25, 0.3) is 0 Å². The summed E-state index contributed by atoms with van der Waals surface area (Å²) in [5.41, 5.74) is 0.107. The molecule has 0 unspecified atom stereocenters. The van der Waals surface area contributed by atoms with Gasteiger partial charge < -0.3 is 10.0 Å². The summed E-state index contributed by atoms with van der Waals surface area (Å²) in [6, 6.07) is 4.60. The Bertz CT molecular complexity index is 495. The number of rotatable bonds is 5. The lowest BCUT2D eigenvalue weighted by Gasteiger charge is -2.26. The number of aromatic nitrogens is 1. The summed E-state index contributed by atoms with van der Waals surface area (Å²) in [6.07, 6.45) is 2.33. The molecule has 1 fully saturated rings. The van der Waals surface area contributed by atoms with Crippen LogP contribution in [0.3, 0.4) is 0 Å². The Kier molecular flexibility index (Phi) is 3.83. The molecule has 1 aliphatic carbocycles. The Morgan fingerprint density at radius 2 is 2.00 bits per heavy atom. The SMILES string of the molecule is CC(C)N(CC1CC1)C(=O)c1cccc(C(=O)O)n1. The van der Waals surface area contributed by atoms with Crippen molar-refractivity contribution in [1.82, 2.24) is 9.88 Å². The molecule has 2 rings (SSSR count). The number of hydrogen-bond acceptors (Lipinski definition) is 3. The zero-order chi connectivity index (χ0) is 14.0. The highest BCUT2D eigenvalue weighted by Gasteiger charge is 2.29. The van der Waals surface area contributed by atoms with Crippen LogP contribution in [0.5, 0.6) is 0 Å². The molecule has 1 aromatic heterocycles. The van der Waals surface area contributed by atoms with Gasteiger partial charge >= 0.3 is 5.97 Å². The van der Waals surface area contributed by atoms with Crippen LogP contribution in [0, 0.1) is 5.92 Å². The lowest BCUT2D eigenvalue weighted by molar-refractivity contribution is 0.0684. The van der Waals surface area contributed by atoms with E-state index in [0.717, 1.165) is 6.54 Å². The van der Waals surface area contributed by atoms with Gasteiger partial charge in [0, 0.05) is 12.6 Å². The van der Waals surface area contributed by atoms with E-state index < -0.39 is 5.97 Å². The smallest absolute Gasteiger partial charge is 0.354 e. The van der Waals surface area contributed by atoms with Gasteiger partial charge in [0.1, 0.15) is 11.4 Å². The number of carboxylic acid groups (broad SMARTS) is 1. The molecule has 0 atom stereocenters. The van der Waals surface area contributed by atoms with Crippen LogP contribution in [0.1, 0.15) is 47.7 Å². The number of carbonyl (C=O) groups is 2. The molecule has 1 amide bonds. The summed E-state index contributed by atoms with van der Waals surface area (Å²) < 4.78 is 0. The Hall–Kier alpha value is -1.91. The van der Waals surface area contributed by atoms with Gasteiger partial charge in [0.2, 0.25) is 0 Å². The maximum Gasteiger partial charge on any atom is 0.354 e. The van der Waals surface area contributed by atoms with Gasteiger partial charge in [-0.3, -0.25) is 4.79 Å². The fourth-order valence-electron chi connectivity index (χ4n) is 1.93. The van der Waals surface area contributed by atoms with E-state index in [9.17, 15) is 9.59 Å². The molecule has 0 aliphatic heterocycles. The minimum atomic E-state index is -1.12. The molecule has 1 aliphatic rings. The van der Waals surface area contributed by atoms with Crippen molar-refractivity contribution in [3.05, 3.63) is 29.6 Å². The van der Waals surface area contributed by atoms with Gasteiger partial charge in [-0.15, -0.1) is 0 Å². The van der Waals surface area contributed by atoms with Crippen molar-refractivity contribution in [2.24, 2.45) is 5.92 Å². The van der Waals surface area contributed by atoms with E-state index in [0.29, 0.717) is 5.92 Å². The zero-order valence-electron chi connectivity index (χ0n) is 11.2. The summed E-state index contributed by atoms with van der Waals surface area (Å²) in [7, 11) is 0. The summed E-state index contributed by atoms with van der Waals surface area (Å²) >= 11 is 0. The highest BCUT2D eigenvalue weighted by molar-refractivity contribution is 5.94. The first kappa shape index (κ1) is 13.5. The molecular formula is C14H18N2O3. The quantitative estimate of drug-likeness (QED) is 0.881. The summed E-state index contributed by atoms with van der Waals surface area (Å²) in [5.74, 6) is -0.716. The number of hydrogen-bond donors (Lipinski definition) is 1. The van der Waals surface area contributed by atoms with Crippen molar-refractivity contribution in [1.29, 1.82) is 0 Å². The third-order valence-corrected chi connectivity index (χ3v) is 3.22. The second kappa shape index (κ2) is 5.38. The van der Waals surface area contributed by atoms with Crippen LogP contribution >= 0.6 is 0 Å². The lowest BCUT2D eigenvalue weighted by Crippen LogP contribution is -2.39. The Morgan fingerprint density at radius 3 is 2.53 bits per heavy atom. The van der Waals surface area contributed by atoms with Crippen LogP contribution in [-0.4, -0.2) is 39.5 Å². The molecule has 102 valence electrons. The molecule has 0 bridgehead atoms. The van der Waals surface area contributed by atoms with Crippen molar-refractivity contribution < 1.29 is 14.7 Å². The molecule has 1 heterocycles. The maximum atomic E-state index is 12.4. The van der Waals surface area contributed by atoms with Crippen molar-refractivity contribution in [3.8, 4) is 0 Å². The predicted molar refractivity (Wildman–Crippen MR) is 70.1 cm³/mol. The lowest BCUT2D eigenvalue weighted by atomic mass is 10.2. The summed E-state index contributed by atoms with van der Waals surface area (Å²) in [4.78, 5) is 29.0. The van der Waals surface area contributed by atoms with Gasteiger partial charge in [0.25, 0.3) is 5.91 Å². The third kappa shape index (κ3) is 3.30. The zero-order valence-corrected chi connectivity index (χ0v) is 11.2. The first-order chi connectivity index (χ1) is 8.99. The molecule has 5 nitrogen and oxygen atoms in total. The highest BCUT2D eigenvalue weighted by Crippen LogP contribution is 2.30. The fraction of sp³-hybridized carbons (Fsp3) is 0.500. The second-order valence-corrected chi connectivity index (χ2v) is 5.21. The van der Waals surface area contributed by atoms with E-state index in [2.05, 4.69) is 4.98 Å². The third-order valence-electron chi connectivity index (χ3n) is 3.22. The van der Waals surface area contributed by atoms with Gasteiger partial charge in [-0.1, -0.05) is 6.07 Å². The molecule has 1 aromatic rings. The van der Waals surface area contributed by atoms with Crippen molar-refractivity contribution in [3.63, 3.8) is 0 Å². The molecule has 0 saturated heterocycles. The number of nitrogens with zero attached hydrogens (tertiary/aromatic N) is 2. The van der Waals surface area contributed by atoms with E-state index in [-0.39, 0.29) is 23.3 Å². The fourth-order valence-corrected chi connectivity index (χ4v) is 1.93. The van der Waals surface area contributed by atoms with Crippen LogP contribution in [-0.2, 0) is 0 Å². The Balaban J connectivity index is 2.20. The van der Waals surface area contributed by atoms with Crippen molar-refractivity contribution >= 4 is 11.9 Å². The molecule has 19 heavy (non-hydrogen) atoms. The number of amides is 1. The molecular weight excluding hydrogens is 244 g/mol. The molecule has 0 aromatic carbocycles. The van der Waals surface area contributed by atoms with Crippen LogP contribution < -0.4 is 0 Å². The molecule has 0 radical (unpaired) electrons. The first-order valence-electron chi connectivity index (χ1n) is 6.50. The second-order valence-electron chi connectivity index (χ2n) is 5.21. The summed E-state index contributed by atoms with van der Waals surface area (Å²) in [5, 5.41) is 8.91. The summed E-state index contributed by atoms with van der Waals surface area (Å²) in [6.45, 7) is 4.65. The number of pyridine rings is 1. The van der Waals surface area contributed by atoms with Crippen LogP contribution in [0.15, 0.2) is 18.2 Å². The standard InChI is InChI=1S/C14H18N2O3/c1-9(2)16(8-10-6-7-10)13(17)11-4-3-5-12(15-11)14(18)19/h3-5,9-10H,6-8H2,1-2H3,(H,18,19). The predicted octanol–water partition coefficient (Wildman–Crippen LogP) is 2.04. The number of aromatic carboxylic acids is 1. The van der Waals surface area contributed by atoms with E-state index in [4.69, 9.17) is 5.11 Å². The van der Waals surface area contributed by atoms with Crippen LogP contribution in [0.4, 0.5) is 0 Å². The topological polar surface area (TPSA) is 70.5 Å². The molecule has 5 heteroatoms. The van der Waals surface area contributed by atoms with E-state index in [1.54, 1.807) is 17.0 Å². The molecule has 1 N–H and O–H groups in total. The van der Waals surface area contributed by atoms with Gasteiger partial charge in [-0.25, -0.2) is 9.78 Å². The van der Waals surface area contributed by atoms with E-state index >= 15 is 0 Å². The van der Waals surface area contributed by atoms with Gasteiger partial charge in [0.15, 0.2) is 0 Å². The van der Waals surface area contributed by atoms with Gasteiger partial charge in [-0.05, 0) is 44.7 Å². The minimum Gasteiger partial charge on any atom is -0.477 e. The number of carboxylic acids is 1. The average Bonchev–Trinajstić information content (AvgIpc) is 3.19. The van der Waals surface area contributed by atoms with Gasteiger partial charge in [0.05, 0.1) is 0 Å². The van der Waals surface area contributed by atoms with Crippen LogP contribution in [0.2, 0.25) is 0 Å². The van der Waals surface area contributed by atoms with Crippen molar-refractivity contribution in [2.75, 3.05) is 6.54 Å². The monoisotopic (exact) mass is 262 g/mol. The molecule has 0 spiro atoms. The minimum absolute atomic E-state index is 0.0865. The number of carbonyl (C=O) groups excluding carboxylic acids is 1. The largest absolute Gasteiger partial charge is 0.477 e. The highest BCUT2D eigenvalue weighted by atomic mass is 16.4. The van der Waals surface area contributed by atoms with E-state index in [1.807, 2.05) is 13.8 Å². The van der Waals surface area contributed by atoms with Crippen molar-refractivity contribution in [2.45, 2.75) is 32.7 Å². The van der Waals surface area contributed by atoms with Gasteiger partial charge in [-0.2, -0.15) is 0 Å². The average molecular weight is 262 g/mol.